The van der Waals surface area contributed by atoms with Crippen molar-refractivity contribution in [1.82, 2.24) is 10.1 Å². The molecule has 2 amide bonds. The van der Waals surface area contributed by atoms with Crippen LogP contribution in [0.15, 0.2) is 47.1 Å². The molecule has 3 N–H and O–H groups in total. The lowest BCUT2D eigenvalue weighted by Gasteiger charge is -2.17. The number of pyridine rings is 1. The summed E-state index contributed by atoms with van der Waals surface area (Å²) < 4.78 is 10.3. The molecule has 1 aliphatic rings. The number of hydrogen-bond donors (Lipinski definition) is 3. The molecule has 0 atom stereocenters. The van der Waals surface area contributed by atoms with Gasteiger partial charge in [-0.3, -0.25) is 5.32 Å². The fourth-order valence-electron chi connectivity index (χ4n) is 2.84. The third-order valence-corrected chi connectivity index (χ3v) is 4.45. The number of ether oxygens (including phenoxy) is 1. The van der Waals surface area contributed by atoms with E-state index in [2.05, 4.69) is 26.1 Å². The van der Waals surface area contributed by atoms with Gasteiger partial charge in [-0.15, -0.1) is 0 Å². The molecule has 4 rings (SSSR count). The van der Waals surface area contributed by atoms with E-state index in [4.69, 9.17) is 9.26 Å². The number of hydrogen-bond acceptors (Lipinski definition) is 7. The van der Waals surface area contributed by atoms with Crippen LogP contribution < -0.4 is 20.7 Å². The van der Waals surface area contributed by atoms with Gasteiger partial charge in [0.05, 0.1) is 5.69 Å². The Hall–Kier alpha value is -3.88. The van der Waals surface area contributed by atoms with Crippen LogP contribution in [0.1, 0.15) is 26.5 Å². The van der Waals surface area contributed by atoms with Crippen molar-refractivity contribution in [3.63, 3.8) is 0 Å². The van der Waals surface area contributed by atoms with Crippen LogP contribution in [0.25, 0.3) is 11.1 Å². The average Bonchev–Trinajstić information content (AvgIpc) is 3.17. The second-order valence-electron chi connectivity index (χ2n) is 7.89. The normalized spacial score (nSPS) is 13.1. The lowest BCUT2D eigenvalue weighted by Crippen LogP contribution is -2.25. The molecule has 0 aliphatic carbocycles. The molecule has 2 aromatic heterocycles. The first-order valence-corrected chi connectivity index (χ1v) is 9.38. The smallest absolute Gasteiger partial charge is 0.332 e. The highest BCUT2D eigenvalue weighted by molar-refractivity contribution is 5.99. The maximum absolute atomic E-state index is 12.2. The predicted octanol–water partition coefficient (Wildman–Crippen LogP) is 4.01. The molecule has 0 radical (unpaired) electrons. The monoisotopic (exact) mass is 407 g/mol. The molecule has 30 heavy (non-hydrogen) atoms. The van der Waals surface area contributed by atoms with Gasteiger partial charge in [-0.25, -0.2) is 14.6 Å². The maximum Gasteiger partial charge on any atom is 0.332 e. The van der Waals surface area contributed by atoms with Gasteiger partial charge in [0.25, 0.3) is 0 Å². The summed E-state index contributed by atoms with van der Waals surface area (Å²) >= 11 is 0. The number of nitrogens with one attached hydrogen (secondary N) is 3. The zero-order valence-electron chi connectivity index (χ0n) is 16.8. The van der Waals surface area contributed by atoms with E-state index in [0.717, 1.165) is 11.1 Å². The van der Waals surface area contributed by atoms with Gasteiger partial charge in [0, 0.05) is 28.9 Å². The first-order chi connectivity index (χ1) is 14.3. The molecule has 0 saturated carbocycles. The molecule has 3 aromatic rings. The van der Waals surface area contributed by atoms with Crippen LogP contribution in [0.4, 0.5) is 22.0 Å². The van der Waals surface area contributed by atoms with Gasteiger partial charge in [-0.05, 0) is 23.8 Å². The highest BCUT2D eigenvalue weighted by atomic mass is 16.5. The molecule has 154 valence electrons. The number of rotatable bonds is 3. The third kappa shape index (κ3) is 4.24. The highest BCUT2D eigenvalue weighted by Crippen LogP contribution is 2.30. The van der Waals surface area contributed by atoms with E-state index in [9.17, 15) is 9.59 Å². The van der Waals surface area contributed by atoms with Crippen LogP contribution in [0, 0.1) is 0 Å². The minimum atomic E-state index is -0.419. The van der Waals surface area contributed by atoms with Gasteiger partial charge >= 0.3 is 12.0 Å². The number of nitrogens with zero attached hydrogens (tertiary/aromatic N) is 2. The molecule has 9 nitrogen and oxygen atoms in total. The highest BCUT2D eigenvalue weighted by Gasteiger charge is 2.20. The summed E-state index contributed by atoms with van der Waals surface area (Å²) in [6, 6.07) is 10.4. The summed E-state index contributed by atoms with van der Waals surface area (Å²) in [5, 5.41) is 12.3. The van der Waals surface area contributed by atoms with Crippen LogP contribution in [0.3, 0.4) is 0 Å². The van der Waals surface area contributed by atoms with Crippen LogP contribution in [0.2, 0.25) is 0 Å². The molecule has 1 aromatic carbocycles. The molecule has 1 aliphatic heterocycles. The Morgan fingerprint density at radius 1 is 1.10 bits per heavy atom. The molecular formula is C21H21N5O4. The topological polar surface area (TPSA) is 118 Å². The molecular weight excluding hydrogens is 386 g/mol. The maximum atomic E-state index is 12.2. The second-order valence-corrected chi connectivity index (χ2v) is 7.89. The summed E-state index contributed by atoms with van der Waals surface area (Å²) in [4.78, 5) is 27.7. The first-order valence-electron chi connectivity index (χ1n) is 9.38. The van der Waals surface area contributed by atoms with Crippen molar-refractivity contribution in [3.8, 4) is 17.0 Å². The van der Waals surface area contributed by atoms with Crippen LogP contribution in [-0.4, -0.2) is 28.7 Å². The molecule has 3 heterocycles. The molecule has 0 unspecified atom stereocenters. The van der Waals surface area contributed by atoms with E-state index >= 15 is 0 Å². The SMILES string of the molecule is CC(C)(C)c1cc(NC(=O)Nc2ccc(-c3cnc4c(c3)NCC(=O)O4)cc2)no1. The number of benzene rings is 1. The van der Waals surface area contributed by atoms with E-state index < -0.39 is 6.03 Å². The van der Waals surface area contributed by atoms with Gasteiger partial charge < -0.3 is 19.9 Å². The van der Waals surface area contributed by atoms with Gasteiger partial charge in [0.2, 0.25) is 5.88 Å². The first kappa shape index (κ1) is 19.4. The molecule has 0 spiro atoms. The summed E-state index contributed by atoms with van der Waals surface area (Å²) in [6.07, 6.45) is 1.63. The minimum absolute atomic E-state index is 0.110. The lowest BCUT2D eigenvalue weighted by molar-refractivity contribution is -0.133. The standard InChI is InChI=1S/C21H21N5O4/c1-21(2,3)16-9-17(26-30-16)25-20(28)24-14-6-4-12(5-7-14)13-8-15-19(23-10-13)29-18(27)11-22-15/h4-10,22H,11H2,1-3H3,(H2,24,25,26,28). The van der Waals surface area contributed by atoms with Crippen molar-refractivity contribution in [2.24, 2.45) is 0 Å². The van der Waals surface area contributed by atoms with Gasteiger partial charge in [-0.2, -0.15) is 0 Å². The number of anilines is 3. The van der Waals surface area contributed by atoms with Crippen molar-refractivity contribution < 1.29 is 18.8 Å². The molecule has 0 bridgehead atoms. The Balaban J connectivity index is 1.41. The molecule has 0 saturated heterocycles. The summed E-state index contributed by atoms with van der Waals surface area (Å²) in [7, 11) is 0. The van der Waals surface area contributed by atoms with Crippen molar-refractivity contribution in [3.05, 3.63) is 48.4 Å². The summed E-state index contributed by atoms with van der Waals surface area (Å²) in [6.45, 7) is 6.11. The van der Waals surface area contributed by atoms with Crippen LogP contribution >= 0.6 is 0 Å². The van der Waals surface area contributed by atoms with Gasteiger partial charge in [0.15, 0.2) is 5.82 Å². The Morgan fingerprint density at radius 2 is 1.87 bits per heavy atom. The van der Waals surface area contributed by atoms with E-state index in [1.165, 1.54) is 0 Å². The zero-order valence-corrected chi connectivity index (χ0v) is 16.8. The minimum Gasteiger partial charge on any atom is -0.404 e. The number of aromatic nitrogens is 2. The van der Waals surface area contributed by atoms with Crippen molar-refractivity contribution >= 4 is 29.2 Å². The van der Waals surface area contributed by atoms with E-state index in [1.54, 1.807) is 24.4 Å². The Bertz CT molecular complexity index is 1100. The second kappa shape index (κ2) is 7.51. The van der Waals surface area contributed by atoms with Gasteiger partial charge in [-0.1, -0.05) is 38.1 Å². The van der Waals surface area contributed by atoms with E-state index in [-0.39, 0.29) is 23.8 Å². The number of carbonyl (C=O) groups is 2. The average molecular weight is 407 g/mol. The number of carbonyl (C=O) groups excluding carboxylic acids is 2. The quantitative estimate of drug-likeness (QED) is 0.561. The Labute approximate surface area is 172 Å². The van der Waals surface area contributed by atoms with E-state index in [1.807, 2.05) is 39.0 Å². The molecule has 0 fully saturated rings. The Kier molecular flexibility index (Phi) is 4.86. The number of esters is 1. The molecule has 9 heteroatoms. The summed E-state index contributed by atoms with van der Waals surface area (Å²) in [5.41, 5.74) is 2.85. The van der Waals surface area contributed by atoms with Crippen molar-refractivity contribution in [2.75, 3.05) is 22.5 Å². The van der Waals surface area contributed by atoms with Gasteiger partial charge in [0.1, 0.15) is 12.3 Å². The summed E-state index contributed by atoms with van der Waals surface area (Å²) in [5.74, 6) is 0.941. The third-order valence-electron chi connectivity index (χ3n) is 4.45. The fourth-order valence-corrected chi connectivity index (χ4v) is 2.84. The number of fused-ring (bicyclic) bond motifs is 1. The predicted molar refractivity (Wildman–Crippen MR) is 112 cm³/mol. The van der Waals surface area contributed by atoms with Crippen molar-refractivity contribution in [2.45, 2.75) is 26.2 Å². The number of amides is 2. The van der Waals surface area contributed by atoms with Crippen LogP contribution in [-0.2, 0) is 10.2 Å². The van der Waals surface area contributed by atoms with E-state index in [0.29, 0.717) is 23.0 Å². The largest absolute Gasteiger partial charge is 0.404 e. The lowest BCUT2D eigenvalue weighted by atomic mass is 9.93. The van der Waals surface area contributed by atoms with Crippen molar-refractivity contribution in [1.29, 1.82) is 0 Å². The Morgan fingerprint density at radius 3 is 2.57 bits per heavy atom. The number of urea groups is 1. The zero-order chi connectivity index (χ0) is 21.3. The fraction of sp³-hybridized carbons (Fsp3) is 0.238. The van der Waals surface area contributed by atoms with Crippen LogP contribution in [0.5, 0.6) is 5.88 Å².